The van der Waals surface area contributed by atoms with E-state index in [-0.39, 0.29) is 0 Å². The second kappa shape index (κ2) is 2.73. The number of aromatic amines is 1. The molecule has 82 valence electrons. The highest BCUT2D eigenvalue weighted by Gasteiger charge is 2.25. The minimum atomic E-state index is 0.503. The lowest BCUT2D eigenvalue weighted by Gasteiger charge is -2.19. The van der Waals surface area contributed by atoms with Crippen LogP contribution in [0.25, 0.3) is 22.7 Å². The third-order valence-corrected chi connectivity index (χ3v) is 2.93. The van der Waals surface area contributed by atoms with Gasteiger partial charge in [0.25, 0.3) is 0 Å². The van der Waals surface area contributed by atoms with Gasteiger partial charge in [-0.05, 0) is 12.1 Å². The van der Waals surface area contributed by atoms with Gasteiger partial charge < -0.3 is 5.73 Å². The Hall–Kier alpha value is -2.63. The third-order valence-electron chi connectivity index (χ3n) is 2.93. The van der Waals surface area contributed by atoms with Gasteiger partial charge in [-0.1, -0.05) is 0 Å². The Morgan fingerprint density at radius 2 is 2.29 bits per heavy atom. The van der Waals surface area contributed by atoms with E-state index < -0.39 is 0 Å². The zero-order valence-electron chi connectivity index (χ0n) is 8.75. The Kier molecular flexibility index (Phi) is 1.37. The minimum absolute atomic E-state index is 0.503. The Morgan fingerprint density at radius 3 is 3.12 bits per heavy atom. The van der Waals surface area contributed by atoms with E-state index in [1.165, 1.54) is 0 Å². The molecule has 0 bridgehead atoms. The molecule has 0 aliphatic heterocycles. The number of aromatic nitrogens is 5. The largest absolute Gasteiger partial charge is 0.383 e. The Labute approximate surface area is 95.8 Å². The zero-order chi connectivity index (χ0) is 11.4. The highest BCUT2D eigenvalue weighted by molar-refractivity contribution is 6.07. The van der Waals surface area contributed by atoms with Gasteiger partial charge in [0.05, 0.1) is 22.3 Å². The van der Waals surface area contributed by atoms with E-state index in [1.54, 1.807) is 17.1 Å². The number of pyridine rings is 1. The van der Waals surface area contributed by atoms with Crippen LogP contribution < -0.4 is 5.73 Å². The number of nitrogens with two attached hydrogens (primary N) is 1. The van der Waals surface area contributed by atoms with Crippen molar-refractivity contribution in [2.75, 3.05) is 5.73 Å². The molecular weight excluding hydrogens is 216 g/mol. The fourth-order valence-electron chi connectivity index (χ4n) is 2.12. The van der Waals surface area contributed by atoms with Crippen molar-refractivity contribution in [3.8, 4) is 0 Å². The fourth-order valence-corrected chi connectivity index (χ4v) is 2.12. The number of hydrogen-bond acceptors (Lipinski definition) is 4. The molecular formula is C11H8N6. The van der Waals surface area contributed by atoms with Crippen molar-refractivity contribution < 1.29 is 0 Å². The number of anilines is 1. The van der Waals surface area contributed by atoms with Crippen molar-refractivity contribution in [3.05, 3.63) is 35.9 Å². The molecule has 1 aliphatic carbocycles. The molecule has 0 fully saturated rings. The number of H-pyrrole nitrogens is 1. The summed E-state index contributed by atoms with van der Waals surface area (Å²) in [6, 6.07) is 1.88. The molecule has 0 amide bonds. The molecule has 0 radical (unpaired) electrons. The monoisotopic (exact) mass is 224 g/mol. The Morgan fingerprint density at radius 1 is 1.35 bits per heavy atom. The lowest BCUT2D eigenvalue weighted by atomic mass is 9.97. The summed E-state index contributed by atoms with van der Waals surface area (Å²) in [4.78, 5) is 4.32. The molecule has 6 heteroatoms. The molecule has 3 aromatic heterocycles. The van der Waals surface area contributed by atoms with Crippen LogP contribution in [-0.4, -0.2) is 25.0 Å². The molecule has 0 spiro atoms. The van der Waals surface area contributed by atoms with Crippen molar-refractivity contribution in [2.45, 2.75) is 0 Å². The van der Waals surface area contributed by atoms with E-state index in [9.17, 15) is 0 Å². The van der Waals surface area contributed by atoms with Crippen molar-refractivity contribution in [2.24, 2.45) is 0 Å². The average molecular weight is 224 g/mol. The van der Waals surface area contributed by atoms with Crippen molar-refractivity contribution >= 4 is 28.5 Å². The van der Waals surface area contributed by atoms with Gasteiger partial charge in [-0.25, -0.2) is 9.67 Å². The molecule has 0 saturated carbocycles. The number of fused-ring (bicyclic) bond motifs is 3. The molecule has 4 rings (SSSR count). The van der Waals surface area contributed by atoms with E-state index in [0.717, 1.165) is 27.9 Å². The van der Waals surface area contributed by atoms with E-state index >= 15 is 0 Å². The number of nitrogen functional groups attached to an aromatic ring is 1. The molecule has 0 unspecified atom stereocenters. The SMILES string of the molecule is Nc1nc2c(c3n[nH]cc13)C(n1cccn1)=C2. The topological polar surface area (TPSA) is 85.4 Å². The fraction of sp³-hybridized carbons (Fsp3) is 0. The predicted molar refractivity (Wildman–Crippen MR) is 63.8 cm³/mol. The number of rotatable bonds is 1. The van der Waals surface area contributed by atoms with Crippen LogP contribution in [0.15, 0.2) is 24.7 Å². The summed E-state index contributed by atoms with van der Waals surface area (Å²) < 4.78 is 1.80. The van der Waals surface area contributed by atoms with Crippen LogP contribution in [0.5, 0.6) is 0 Å². The van der Waals surface area contributed by atoms with Crippen LogP contribution in [0.1, 0.15) is 11.3 Å². The van der Waals surface area contributed by atoms with Gasteiger partial charge in [-0.2, -0.15) is 10.2 Å². The highest BCUT2D eigenvalue weighted by atomic mass is 15.3. The standard InChI is InChI=1S/C11H8N6/c12-11-6-5-13-16-10(6)9-7(15-11)4-8(9)17-3-1-2-14-17/h1-5H,(H2,12,15)(H,13,16). The molecule has 0 saturated heterocycles. The summed E-state index contributed by atoms with van der Waals surface area (Å²) in [5, 5.41) is 12.1. The highest BCUT2D eigenvalue weighted by Crippen LogP contribution is 2.38. The third kappa shape index (κ3) is 0.963. The van der Waals surface area contributed by atoms with Gasteiger partial charge in [0.1, 0.15) is 11.3 Å². The van der Waals surface area contributed by atoms with Gasteiger partial charge in [-0.15, -0.1) is 0 Å². The molecule has 17 heavy (non-hydrogen) atoms. The molecule has 6 nitrogen and oxygen atoms in total. The summed E-state index contributed by atoms with van der Waals surface area (Å²) in [6.07, 6.45) is 7.35. The first-order valence-electron chi connectivity index (χ1n) is 5.19. The van der Waals surface area contributed by atoms with Crippen LogP contribution in [-0.2, 0) is 0 Å². The normalized spacial score (nSPS) is 13.3. The quantitative estimate of drug-likeness (QED) is 0.507. The summed E-state index contributed by atoms with van der Waals surface area (Å²) in [5.74, 6) is 0.503. The van der Waals surface area contributed by atoms with Gasteiger partial charge >= 0.3 is 0 Å². The summed E-state index contributed by atoms with van der Waals surface area (Å²) in [7, 11) is 0. The Bertz CT molecular complexity index is 750. The zero-order valence-corrected chi connectivity index (χ0v) is 8.75. The van der Waals surface area contributed by atoms with Crippen molar-refractivity contribution in [1.82, 2.24) is 25.0 Å². The Balaban J connectivity index is 2.02. The number of nitrogens with one attached hydrogen (secondary N) is 1. The maximum absolute atomic E-state index is 5.85. The second-order valence-corrected chi connectivity index (χ2v) is 3.89. The lowest BCUT2D eigenvalue weighted by Crippen LogP contribution is -2.12. The van der Waals surface area contributed by atoms with Crippen LogP contribution in [0, 0.1) is 0 Å². The van der Waals surface area contributed by atoms with Crippen LogP contribution in [0.2, 0.25) is 0 Å². The molecule has 3 heterocycles. The maximum Gasteiger partial charge on any atom is 0.135 e. The van der Waals surface area contributed by atoms with Gasteiger partial charge in [0, 0.05) is 18.6 Å². The van der Waals surface area contributed by atoms with Crippen molar-refractivity contribution in [3.63, 3.8) is 0 Å². The summed E-state index contributed by atoms with van der Waals surface area (Å²) >= 11 is 0. The lowest BCUT2D eigenvalue weighted by molar-refractivity contribution is 0.899. The first-order chi connectivity index (χ1) is 8.34. The molecule has 0 atom stereocenters. The second-order valence-electron chi connectivity index (χ2n) is 3.89. The first-order valence-corrected chi connectivity index (χ1v) is 5.19. The smallest absolute Gasteiger partial charge is 0.135 e. The summed E-state index contributed by atoms with van der Waals surface area (Å²) in [6.45, 7) is 0. The van der Waals surface area contributed by atoms with E-state index in [0.29, 0.717) is 5.82 Å². The molecule has 0 aromatic carbocycles. The number of nitrogens with zero attached hydrogens (tertiary/aromatic N) is 4. The molecule has 3 aromatic rings. The van der Waals surface area contributed by atoms with Gasteiger partial charge in [0.2, 0.25) is 0 Å². The van der Waals surface area contributed by atoms with Crippen molar-refractivity contribution in [1.29, 1.82) is 0 Å². The van der Waals surface area contributed by atoms with Crippen LogP contribution in [0.4, 0.5) is 5.82 Å². The first kappa shape index (κ1) is 8.51. The molecule has 1 aliphatic rings. The van der Waals surface area contributed by atoms with E-state index in [2.05, 4.69) is 20.3 Å². The summed E-state index contributed by atoms with van der Waals surface area (Å²) in [5.41, 5.74) is 9.56. The van der Waals surface area contributed by atoms with Crippen LogP contribution >= 0.6 is 0 Å². The minimum Gasteiger partial charge on any atom is -0.383 e. The van der Waals surface area contributed by atoms with Crippen LogP contribution in [0.3, 0.4) is 0 Å². The van der Waals surface area contributed by atoms with Gasteiger partial charge in [-0.3, -0.25) is 5.10 Å². The maximum atomic E-state index is 5.85. The number of hydrogen-bond donors (Lipinski definition) is 2. The average Bonchev–Trinajstić information content (AvgIpc) is 2.92. The molecule has 3 N–H and O–H groups in total. The van der Waals surface area contributed by atoms with E-state index in [4.69, 9.17) is 5.73 Å². The van der Waals surface area contributed by atoms with E-state index in [1.807, 2.05) is 18.3 Å². The predicted octanol–water partition coefficient (Wildman–Crippen LogP) is 1.10. The van der Waals surface area contributed by atoms with Gasteiger partial charge in [0.15, 0.2) is 0 Å².